The minimum atomic E-state index is -3.44. The van der Waals surface area contributed by atoms with Crippen LogP contribution in [-0.2, 0) is 10.0 Å². The molecule has 0 atom stereocenters. The number of sulfonamides is 1. The van der Waals surface area contributed by atoms with E-state index in [0.29, 0.717) is 25.4 Å². The predicted octanol–water partition coefficient (Wildman–Crippen LogP) is 2.28. The van der Waals surface area contributed by atoms with Crippen LogP contribution < -0.4 is 4.74 Å². The van der Waals surface area contributed by atoms with Gasteiger partial charge in [-0.3, -0.25) is 0 Å². The fraction of sp³-hybridized carbons (Fsp3) is 0.385. The number of nitrogens with zero attached hydrogens (tertiary/aromatic N) is 1. The van der Waals surface area contributed by atoms with Gasteiger partial charge in [0.25, 0.3) is 0 Å². The highest BCUT2D eigenvalue weighted by Gasteiger charge is 2.21. The molecular weight excluding hydrogens is 250 g/mol. The van der Waals surface area contributed by atoms with Gasteiger partial charge in [-0.25, -0.2) is 8.42 Å². The molecule has 0 amide bonds. The Morgan fingerprint density at radius 2 is 1.89 bits per heavy atom. The van der Waals surface area contributed by atoms with Crippen LogP contribution in [-0.4, -0.2) is 32.4 Å². The highest BCUT2D eigenvalue weighted by molar-refractivity contribution is 7.89. The van der Waals surface area contributed by atoms with Crippen molar-refractivity contribution in [2.45, 2.75) is 18.7 Å². The quantitative estimate of drug-likeness (QED) is 0.713. The average molecular weight is 269 g/mol. The number of hydrogen-bond donors (Lipinski definition) is 0. The van der Waals surface area contributed by atoms with E-state index in [2.05, 4.69) is 6.58 Å². The molecule has 0 radical (unpaired) electrons. The van der Waals surface area contributed by atoms with Crippen LogP contribution in [0.25, 0.3) is 0 Å². The van der Waals surface area contributed by atoms with E-state index in [1.165, 1.54) is 4.31 Å². The standard InChI is InChI=1S/C13H19NO3S/c1-4-11-14(5-2)18(15,16)13-9-7-12(8-10-13)17-6-3/h4,7-10H,1,5-6,11H2,2-3H3. The van der Waals surface area contributed by atoms with E-state index in [4.69, 9.17) is 4.74 Å². The summed E-state index contributed by atoms with van der Waals surface area (Å²) in [6.45, 7) is 8.54. The normalized spacial score (nSPS) is 11.5. The Morgan fingerprint density at radius 3 is 2.33 bits per heavy atom. The van der Waals surface area contributed by atoms with Crippen molar-refractivity contribution >= 4 is 10.0 Å². The molecule has 0 aliphatic rings. The van der Waals surface area contributed by atoms with E-state index >= 15 is 0 Å². The molecule has 0 aromatic heterocycles. The van der Waals surface area contributed by atoms with Crippen LogP contribution in [0.15, 0.2) is 41.8 Å². The van der Waals surface area contributed by atoms with Crippen LogP contribution in [0.3, 0.4) is 0 Å². The number of benzene rings is 1. The first-order chi connectivity index (χ1) is 8.56. The Hall–Kier alpha value is -1.33. The Labute approximate surface area is 109 Å². The van der Waals surface area contributed by atoms with Gasteiger partial charge in [-0.1, -0.05) is 13.0 Å². The summed E-state index contributed by atoms with van der Waals surface area (Å²) >= 11 is 0. The molecule has 0 aliphatic carbocycles. The molecule has 0 heterocycles. The second kappa shape index (κ2) is 6.56. The van der Waals surface area contributed by atoms with Gasteiger partial charge < -0.3 is 4.74 Å². The average Bonchev–Trinajstić information content (AvgIpc) is 2.36. The second-order valence-electron chi connectivity index (χ2n) is 3.65. The van der Waals surface area contributed by atoms with E-state index < -0.39 is 10.0 Å². The van der Waals surface area contributed by atoms with E-state index in [0.717, 1.165) is 0 Å². The van der Waals surface area contributed by atoms with Gasteiger partial charge in [-0.2, -0.15) is 4.31 Å². The molecule has 1 aromatic rings. The molecule has 1 rings (SSSR count). The number of ether oxygens (including phenoxy) is 1. The summed E-state index contributed by atoms with van der Waals surface area (Å²) in [5, 5.41) is 0. The molecule has 0 saturated carbocycles. The lowest BCUT2D eigenvalue weighted by atomic mass is 10.3. The molecule has 100 valence electrons. The summed E-state index contributed by atoms with van der Waals surface area (Å²) in [5.41, 5.74) is 0. The molecule has 0 unspecified atom stereocenters. The van der Waals surface area contributed by atoms with Crippen LogP contribution in [0.2, 0.25) is 0 Å². The highest BCUT2D eigenvalue weighted by atomic mass is 32.2. The van der Waals surface area contributed by atoms with Crippen LogP contribution in [0.5, 0.6) is 5.75 Å². The summed E-state index contributed by atoms with van der Waals surface area (Å²) < 4.78 is 31.2. The van der Waals surface area contributed by atoms with Crippen molar-refractivity contribution < 1.29 is 13.2 Å². The summed E-state index contributed by atoms with van der Waals surface area (Å²) in [6, 6.07) is 6.45. The van der Waals surface area contributed by atoms with Gasteiger partial charge in [0.1, 0.15) is 5.75 Å². The van der Waals surface area contributed by atoms with Crippen LogP contribution in [0.4, 0.5) is 0 Å². The molecule has 0 N–H and O–H groups in total. The lowest BCUT2D eigenvalue weighted by Crippen LogP contribution is -2.30. The number of rotatable bonds is 7. The maximum absolute atomic E-state index is 12.3. The molecule has 0 bridgehead atoms. The molecule has 0 fully saturated rings. The third-order valence-corrected chi connectivity index (χ3v) is 4.41. The zero-order valence-electron chi connectivity index (χ0n) is 10.8. The minimum Gasteiger partial charge on any atom is -0.494 e. The van der Waals surface area contributed by atoms with Gasteiger partial charge in [0.15, 0.2) is 0 Å². The summed E-state index contributed by atoms with van der Waals surface area (Å²) in [7, 11) is -3.44. The first kappa shape index (κ1) is 14.7. The van der Waals surface area contributed by atoms with Gasteiger partial charge in [0.2, 0.25) is 10.0 Å². The van der Waals surface area contributed by atoms with Crippen molar-refractivity contribution in [3.05, 3.63) is 36.9 Å². The van der Waals surface area contributed by atoms with E-state index in [1.54, 1.807) is 37.3 Å². The van der Waals surface area contributed by atoms with E-state index in [1.807, 2.05) is 6.92 Å². The van der Waals surface area contributed by atoms with E-state index in [9.17, 15) is 8.42 Å². The van der Waals surface area contributed by atoms with Crippen molar-refractivity contribution in [3.63, 3.8) is 0 Å². The Bertz CT molecular complexity index is 479. The molecule has 1 aromatic carbocycles. The van der Waals surface area contributed by atoms with Crippen LogP contribution in [0, 0.1) is 0 Å². The summed E-state index contributed by atoms with van der Waals surface area (Å²) in [4.78, 5) is 0.273. The number of hydrogen-bond acceptors (Lipinski definition) is 3. The van der Waals surface area contributed by atoms with Crippen LogP contribution >= 0.6 is 0 Å². The molecule has 0 saturated heterocycles. The fourth-order valence-corrected chi connectivity index (χ4v) is 2.98. The van der Waals surface area contributed by atoms with Gasteiger partial charge in [-0.05, 0) is 31.2 Å². The minimum absolute atomic E-state index is 0.273. The van der Waals surface area contributed by atoms with Gasteiger partial charge in [0.05, 0.1) is 11.5 Å². The fourth-order valence-electron chi connectivity index (χ4n) is 1.56. The maximum atomic E-state index is 12.3. The Morgan fingerprint density at radius 1 is 1.28 bits per heavy atom. The molecule has 4 nitrogen and oxygen atoms in total. The molecule has 18 heavy (non-hydrogen) atoms. The predicted molar refractivity (Wildman–Crippen MR) is 72.2 cm³/mol. The molecule has 0 aliphatic heterocycles. The van der Waals surface area contributed by atoms with Crippen molar-refractivity contribution in [2.75, 3.05) is 19.7 Å². The van der Waals surface area contributed by atoms with Crippen molar-refractivity contribution in [3.8, 4) is 5.75 Å². The van der Waals surface area contributed by atoms with Crippen LogP contribution in [0.1, 0.15) is 13.8 Å². The third-order valence-electron chi connectivity index (χ3n) is 2.46. The number of likely N-dealkylation sites (N-methyl/N-ethyl adjacent to an activating group) is 1. The molecule has 5 heteroatoms. The molecule has 0 spiro atoms. The van der Waals surface area contributed by atoms with Gasteiger partial charge in [0, 0.05) is 13.1 Å². The zero-order chi connectivity index (χ0) is 13.6. The Balaban J connectivity index is 3.00. The maximum Gasteiger partial charge on any atom is 0.243 e. The van der Waals surface area contributed by atoms with Crippen molar-refractivity contribution in [1.29, 1.82) is 0 Å². The van der Waals surface area contributed by atoms with Crippen molar-refractivity contribution in [1.82, 2.24) is 4.31 Å². The lowest BCUT2D eigenvalue weighted by Gasteiger charge is -2.18. The second-order valence-corrected chi connectivity index (χ2v) is 5.59. The topological polar surface area (TPSA) is 46.6 Å². The van der Waals surface area contributed by atoms with Gasteiger partial charge >= 0.3 is 0 Å². The SMILES string of the molecule is C=CCN(CC)S(=O)(=O)c1ccc(OCC)cc1. The largest absolute Gasteiger partial charge is 0.494 e. The summed E-state index contributed by atoms with van der Waals surface area (Å²) in [5.74, 6) is 0.670. The Kier molecular flexibility index (Phi) is 5.37. The van der Waals surface area contributed by atoms with Gasteiger partial charge in [-0.15, -0.1) is 6.58 Å². The highest BCUT2D eigenvalue weighted by Crippen LogP contribution is 2.19. The first-order valence-corrected chi connectivity index (χ1v) is 7.34. The molecular formula is C13H19NO3S. The lowest BCUT2D eigenvalue weighted by molar-refractivity contribution is 0.340. The third kappa shape index (κ3) is 3.34. The monoisotopic (exact) mass is 269 g/mol. The first-order valence-electron chi connectivity index (χ1n) is 5.90. The van der Waals surface area contributed by atoms with E-state index in [-0.39, 0.29) is 4.90 Å². The van der Waals surface area contributed by atoms with Crippen molar-refractivity contribution in [2.24, 2.45) is 0 Å². The smallest absolute Gasteiger partial charge is 0.243 e. The summed E-state index contributed by atoms with van der Waals surface area (Å²) in [6.07, 6.45) is 1.58. The zero-order valence-corrected chi connectivity index (χ0v) is 11.6.